The van der Waals surface area contributed by atoms with Crippen molar-refractivity contribution in [3.05, 3.63) is 29.5 Å². The number of aryl methyl sites for hydroxylation is 1. The van der Waals surface area contributed by atoms with Crippen molar-refractivity contribution in [2.75, 3.05) is 39.5 Å². The van der Waals surface area contributed by atoms with Crippen LogP contribution in [0.15, 0.2) is 18.2 Å². The third kappa shape index (κ3) is 4.08. The van der Waals surface area contributed by atoms with Gasteiger partial charge >= 0.3 is 0 Å². The van der Waals surface area contributed by atoms with Gasteiger partial charge in [-0.2, -0.15) is 0 Å². The van der Waals surface area contributed by atoms with E-state index in [2.05, 4.69) is 5.32 Å². The van der Waals surface area contributed by atoms with Gasteiger partial charge in [0.2, 0.25) is 5.91 Å². The van der Waals surface area contributed by atoms with E-state index in [-0.39, 0.29) is 11.8 Å². The minimum atomic E-state index is -0.165. The summed E-state index contributed by atoms with van der Waals surface area (Å²) in [6, 6.07) is 5.78. The van der Waals surface area contributed by atoms with E-state index in [1.807, 2.05) is 43.7 Å². The average Bonchev–Trinajstić information content (AvgIpc) is 2.93. The van der Waals surface area contributed by atoms with Crippen LogP contribution in [0.1, 0.15) is 29.4 Å². The molecule has 1 fully saturated rings. The van der Waals surface area contributed by atoms with Crippen molar-refractivity contribution in [3.8, 4) is 5.75 Å². The van der Waals surface area contributed by atoms with Crippen molar-refractivity contribution >= 4 is 22.7 Å². The predicted octanol–water partition coefficient (Wildman–Crippen LogP) is 1.86. The lowest BCUT2D eigenvalue weighted by Crippen LogP contribution is -2.42. The molecule has 0 unspecified atom stereocenters. The molecule has 1 saturated heterocycles. The molecule has 7 nitrogen and oxygen atoms in total. The number of hydrogen-bond acceptors (Lipinski definition) is 4. The number of morpholine rings is 1. The first-order valence-electron chi connectivity index (χ1n) is 9.38. The third-order valence-electron chi connectivity index (χ3n) is 4.99. The van der Waals surface area contributed by atoms with E-state index in [0.29, 0.717) is 51.4 Å². The summed E-state index contributed by atoms with van der Waals surface area (Å²) in [5.41, 5.74) is 2.49. The minimum Gasteiger partial charge on any atom is -0.494 e. The number of amides is 2. The molecule has 2 aromatic rings. The van der Waals surface area contributed by atoms with Crippen LogP contribution in [0.3, 0.4) is 0 Å². The van der Waals surface area contributed by atoms with Crippen molar-refractivity contribution in [3.63, 3.8) is 0 Å². The van der Waals surface area contributed by atoms with Crippen molar-refractivity contribution in [1.82, 2.24) is 14.8 Å². The molecule has 0 radical (unpaired) electrons. The monoisotopic (exact) mass is 373 g/mol. The highest BCUT2D eigenvalue weighted by atomic mass is 16.5. The van der Waals surface area contributed by atoms with E-state index in [4.69, 9.17) is 9.47 Å². The Hall–Kier alpha value is -2.54. The number of ether oxygens (including phenoxy) is 2. The van der Waals surface area contributed by atoms with Crippen molar-refractivity contribution in [2.24, 2.45) is 7.05 Å². The van der Waals surface area contributed by atoms with Gasteiger partial charge in [0.25, 0.3) is 5.91 Å². The number of carbonyl (C=O) groups is 2. The van der Waals surface area contributed by atoms with E-state index in [1.54, 1.807) is 4.90 Å². The molecule has 0 saturated carbocycles. The van der Waals surface area contributed by atoms with Crippen LogP contribution in [0.5, 0.6) is 5.75 Å². The van der Waals surface area contributed by atoms with Crippen LogP contribution in [0.25, 0.3) is 10.9 Å². The van der Waals surface area contributed by atoms with E-state index < -0.39 is 0 Å². The van der Waals surface area contributed by atoms with Gasteiger partial charge in [0.05, 0.1) is 25.4 Å². The molecule has 1 N–H and O–H groups in total. The smallest absolute Gasteiger partial charge is 0.253 e. The van der Waals surface area contributed by atoms with Gasteiger partial charge in [-0.15, -0.1) is 0 Å². The second kappa shape index (κ2) is 8.43. The molecule has 2 heterocycles. The molecule has 0 spiro atoms. The Bertz CT molecular complexity index is 837. The van der Waals surface area contributed by atoms with Crippen molar-refractivity contribution in [1.29, 1.82) is 0 Å². The van der Waals surface area contributed by atoms with Gasteiger partial charge in [-0.05, 0) is 32.0 Å². The zero-order chi connectivity index (χ0) is 19.4. The average molecular weight is 373 g/mol. The maximum atomic E-state index is 12.8. The predicted molar refractivity (Wildman–Crippen MR) is 103 cm³/mol. The Morgan fingerprint density at radius 2 is 2.00 bits per heavy atom. The van der Waals surface area contributed by atoms with E-state index in [1.165, 1.54) is 0 Å². The number of hydrogen-bond donors (Lipinski definition) is 1. The fraction of sp³-hybridized carbons (Fsp3) is 0.500. The molecule has 1 aromatic heterocycles. The molecule has 3 rings (SSSR count). The zero-order valence-corrected chi connectivity index (χ0v) is 16.2. The number of benzene rings is 1. The first-order valence-corrected chi connectivity index (χ1v) is 9.38. The van der Waals surface area contributed by atoms with Gasteiger partial charge in [0.15, 0.2) is 0 Å². The number of nitrogens with zero attached hydrogens (tertiary/aromatic N) is 2. The lowest BCUT2D eigenvalue weighted by molar-refractivity contribution is -0.135. The van der Waals surface area contributed by atoms with Gasteiger partial charge in [-0.25, -0.2) is 0 Å². The fourth-order valence-corrected chi connectivity index (χ4v) is 3.44. The molecule has 146 valence electrons. The molecule has 0 aliphatic carbocycles. The van der Waals surface area contributed by atoms with E-state index >= 15 is 0 Å². The second-order valence-electron chi connectivity index (χ2n) is 6.63. The van der Waals surface area contributed by atoms with Crippen LogP contribution < -0.4 is 10.1 Å². The zero-order valence-electron chi connectivity index (χ0n) is 16.2. The molecule has 1 aliphatic rings. The van der Waals surface area contributed by atoms with E-state index in [9.17, 15) is 9.59 Å². The van der Waals surface area contributed by atoms with Crippen LogP contribution in [0.2, 0.25) is 0 Å². The topological polar surface area (TPSA) is 72.8 Å². The summed E-state index contributed by atoms with van der Waals surface area (Å²) in [5.74, 6) is 0.626. The first-order chi connectivity index (χ1) is 13.0. The quantitative estimate of drug-likeness (QED) is 0.839. The SMILES string of the molecule is CCOc1ccc2c(c1)c(C(=O)NCCC(=O)N1CCOCC1)c(C)n2C. The Labute approximate surface area is 159 Å². The Morgan fingerprint density at radius 1 is 1.26 bits per heavy atom. The van der Waals surface area contributed by atoms with E-state index in [0.717, 1.165) is 22.3 Å². The van der Waals surface area contributed by atoms with Crippen molar-refractivity contribution < 1.29 is 19.1 Å². The summed E-state index contributed by atoms with van der Waals surface area (Å²) < 4.78 is 12.8. The molecular weight excluding hydrogens is 346 g/mol. The van der Waals surface area contributed by atoms with Crippen LogP contribution in [0, 0.1) is 6.92 Å². The molecule has 27 heavy (non-hydrogen) atoms. The summed E-state index contributed by atoms with van der Waals surface area (Å²) >= 11 is 0. The van der Waals surface area contributed by atoms with Crippen LogP contribution in [-0.4, -0.2) is 60.7 Å². The van der Waals surface area contributed by atoms with Crippen molar-refractivity contribution in [2.45, 2.75) is 20.3 Å². The fourth-order valence-electron chi connectivity index (χ4n) is 3.44. The third-order valence-corrected chi connectivity index (χ3v) is 4.99. The summed E-state index contributed by atoms with van der Waals surface area (Å²) in [6.45, 7) is 7.14. The molecule has 0 atom stereocenters. The summed E-state index contributed by atoms with van der Waals surface area (Å²) in [5, 5.41) is 3.75. The molecule has 1 aliphatic heterocycles. The van der Waals surface area contributed by atoms with Gasteiger partial charge < -0.3 is 24.3 Å². The molecule has 2 amide bonds. The largest absolute Gasteiger partial charge is 0.494 e. The summed E-state index contributed by atoms with van der Waals surface area (Å²) in [6.07, 6.45) is 0.291. The molecular formula is C20H27N3O4. The number of fused-ring (bicyclic) bond motifs is 1. The highest BCUT2D eigenvalue weighted by Crippen LogP contribution is 2.28. The van der Waals surface area contributed by atoms with Crippen LogP contribution in [0.4, 0.5) is 0 Å². The minimum absolute atomic E-state index is 0.0480. The highest BCUT2D eigenvalue weighted by molar-refractivity contribution is 6.08. The van der Waals surface area contributed by atoms with Crippen LogP contribution in [-0.2, 0) is 16.6 Å². The summed E-state index contributed by atoms with van der Waals surface area (Å²) in [7, 11) is 1.94. The normalized spacial score (nSPS) is 14.4. The standard InChI is InChI=1S/C20H27N3O4/c1-4-27-15-5-6-17-16(13-15)19(14(2)22(17)3)20(25)21-8-7-18(24)23-9-11-26-12-10-23/h5-6,13H,4,7-12H2,1-3H3,(H,21,25). The van der Waals surface area contributed by atoms with Crippen LogP contribution >= 0.6 is 0 Å². The number of nitrogens with one attached hydrogen (secondary N) is 1. The maximum Gasteiger partial charge on any atom is 0.253 e. The van der Waals surface area contributed by atoms with Gasteiger partial charge in [-0.3, -0.25) is 9.59 Å². The molecule has 1 aromatic carbocycles. The lowest BCUT2D eigenvalue weighted by Gasteiger charge is -2.26. The summed E-state index contributed by atoms with van der Waals surface area (Å²) in [4.78, 5) is 26.8. The molecule has 0 bridgehead atoms. The van der Waals surface area contributed by atoms with Gasteiger partial charge in [0, 0.05) is 49.7 Å². The Balaban J connectivity index is 1.70. The number of aromatic nitrogens is 1. The van der Waals surface area contributed by atoms with Gasteiger partial charge in [-0.1, -0.05) is 0 Å². The number of rotatable bonds is 6. The maximum absolute atomic E-state index is 12.8. The Kier molecular flexibility index (Phi) is 6.01. The molecule has 7 heteroatoms. The Morgan fingerprint density at radius 3 is 2.70 bits per heavy atom. The first kappa shape index (κ1) is 19.2. The van der Waals surface area contributed by atoms with Gasteiger partial charge in [0.1, 0.15) is 5.75 Å². The highest BCUT2D eigenvalue weighted by Gasteiger charge is 2.20. The lowest BCUT2D eigenvalue weighted by atomic mass is 10.1. The second-order valence-corrected chi connectivity index (χ2v) is 6.63. The number of carbonyl (C=O) groups excluding carboxylic acids is 2.